The number of hydrogen-bond acceptors (Lipinski definition) is 3. The zero-order valence-electron chi connectivity index (χ0n) is 12.2. The second-order valence-corrected chi connectivity index (χ2v) is 5.02. The molecular weight excluding hydrogens is 276 g/mol. The maximum Gasteiger partial charge on any atom is 0.256 e. The lowest BCUT2D eigenvalue weighted by Crippen LogP contribution is -2.13. The van der Waals surface area contributed by atoms with Crippen LogP contribution in [0.15, 0.2) is 60.9 Å². The molecule has 22 heavy (non-hydrogen) atoms. The first-order chi connectivity index (χ1) is 10.7. The van der Waals surface area contributed by atoms with Crippen molar-refractivity contribution in [2.45, 2.75) is 13.5 Å². The number of carbonyl (C=O) groups excluding carboxylic acids is 1. The van der Waals surface area contributed by atoms with Gasteiger partial charge in [0.15, 0.2) is 0 Å². The predicted molar refractivity (Wildman–Crippen MR) is 84.7 cm³/mol. The first kappa shape index (κ1) is 14.0. The van der Waals surface area contributed by atoms with Crippen molar-refractivity contribution in [1.29, 1.82) is 0 Å². The zero-order chi connectivity index (χ0) is 15.4. The summed E-state index contributed by atoms with van der Waals surface area (Å²) in [7, 11) is 0. The van der Waals surface area contributed by atoms with Gasteiger partial charge in [0.25, 0.3) is 5.91 Å². The minimum atomic E-state index is -0.163. The van der Waals surface area contributed by atoms with E-state index in [1.165, 1.54) is 0 Å². The summed E-state index contributed by atoms with van der Waals surface area (Å²) < 4.78 is 1.84. The van der Waals surface area contributed by atoms with Crippen LogP contribution >= 0.6 is 0 Å². The lowest BCUT2D eigenvalue weighted by Gasteiger charge is -2.06. The van der Waals surface area contributed by atoms with E-state index in [4.69, 9.17) is 0 Å². The highest BCUT2D eigenvalue weighted by molar-refractivity contribution is 6.03. The molecule has 5 nitrogen and oxygen atoms in total. The lowest BCUT2D eigenvalue weighted by molar-refractivity contribution is 0.102. The molecule has 1 aromatic carbocycles. The van der Waals surface area contributed by atoms with Crippen LogP contribution in [0.2, 0.25) is 0 Å². The van der Waals surface area contributed by atoms with Crippen molar-refractivity contribution in [1.82, 2.24) is 14.8 Å². The molecular formula is C17H16N4O. The maximum atomic E-state index is 12.2. The number of nitrogens with zero attached hydrogens (tertiary/aromatic N) is 3. The number of pyridine rings is 1. The van der Waals surface area contributed by atoms with Gasteiger partial charge in [-0.05, 0) is 42.8 Å². The molecule has 3 rings (SSSR count). The van der Waals surface area contributed by atoms with E-state index in [-0.39, 0.29) is 5.91 Å². The molecule has 1 N–H and O–H groups in total. The summed E-state index contributed by atoms with van der Waals surface area (Å²) in [5, 5.41) is 6.96. The number of benzene rings is 1. The van der Waals surface area contributed by atoms with Crippen molar-refractivity contribution in [3.63, 3.8) is 0 Å². The van der Waals surface area contributed by atoms with Crippen LogP contribution in [-0.4, -0.2) is 20.7 Å². The molecule has 0 saturated heterocycles. The molecule has 2 aromatic heterocycles. The molecule has 3 aromatic rings. The average Bonchev–Trinajstić information content (AvgIpc) is 3.01. The van der Waals surface area contributed by atoms with Crippen LogP contribution < -0.4 is 5.32 Å². The molecule has 0 radical (unpaired) electrons. The summed E-state index contributed by atoms with van der Waals surface area (Å²) in [5.74, 6) is 0.398. The standard InChI is InChI=1S/C17H16N4O/c1-13-4-2-5-16(19-13)20-17(22)15-8-6-14(7-9-15)12-21-11-3-10-18-21/h2-11H,12H2,1H3,(H,19,20,22). The molecule has 0 unspecified atom stereocenters. The maximum absolute atomic E-state index is 12.2. The van der Waals surface area contributed by atoms with Gasteiger partial charge in [-0.1, -0.05) is 18.2 Å². The molecule has 5 heteroatoms. The van der Waals surface area contributed by atoms with Crippen molar-refractivity contribution in [2.75, 3.05) is 5.32 Å². The number of amides is 1. The Morgan fingerprint density at radius 2 is 1.95 bits per heavy atom. The lowest BCUT2D eigenvalue weighted by atomic mass is 10.1. The number of anilines is 1. The minimum absolute atomic E-state index is 0.163. The molecule has 0 spiro atoms. The Hall–Kier alpha value is -2.95. The third-order valence-corrected chi connectivity index (χ3v) is 3.25. The van der Waals surface area contributed by atoms with Crippen LogP contribution in [0.5, 0.6) is 0 Å². The number of aryl methyl sites for hydroxylation is 1. The molecule has 2 heterocycles. The molecule has 0 aliphatic rings. The van der Waals surface area contributed by atoms with Gasteiger partial charge in [-0.25, -0.2) is 4.98 Å². The van der Waals surface area contributed by atoms with Gasteiger partial charge >= 0.3 is 0 Å². The van der Waals surface area contributed by atoms with Gasteiger partial charge in [0, 0.05) is 23.7 Å². The van der Waals surface area contributed by atoms with E-state index in [2.05, 4.69) is 15.4 Å². The number of aromatic nitrogens is 3. The summed E-state index contributed by atoms with van der Waals surface area (Å²) in [5.41, 5.74) is 2.56. The van der Waals surface area contributed by atoms with Gasteiger partial charge in [0.2, 0.25) is 0 Å². The van der Waals surface area contributed by atoms with Crippen molar-refractivity contribution < 1.29 is 4.79 Å². The van der Waals surface area contributed by atoms with Crippen LogP contribution in [0.3, 0.4) is 0 Å². The molecule has 1 amide bonds. The molecule has 0 aliphatic carbocycles. The third kappa shape index (κ3) is 3.38. The summed E-state index contributed by atoms with van der Waals surface area (Å²) in [6, 6.07) is 14.9. The predicted octanol–water partition coefficient (Wildman–Crippen LogP) is 2.89. The van der Waals surface area contributed by atoms with Crippen LogP contribution in [0.25, 0.3) is 0 Å². The third-order valence-electron chi connectivity index (χ3n) is 3.25. The van der Waals surface area contributed by atoms with Crippen LogP contribution in [0.1, 0.15) is 21.6 Å². The van der Waals surface area contributed by atoms with Crippen molar-refractivity contribution in [3.8, 4) is 0 Å². The van der Waals surface area contributed by atoms with Crippen LogP contribution in [0, 0.1) is 6.92 Å². The van der Waals surface area contributed by atoms with E-state index >= 15 is 0 Å². The quantitative estimate of drug-likeness (QED) is 0.804. The molecule has 0 saturated carbocycles. The number of carbonyl (C=O) groups is 1. The topological polar surface area (TPSA) is 59.8 Å². The first-order valence-corrected chi connectivity index (χ1v) is 7.02. The summed E-state index contributed by atoms with van der Waals surface area (Å²) >= 11 is 0. The van der Waals surface area contributed by atoms with E-state index in [9.17, 15) is 4.79 Å². The number of rotatable bonds is 4. The van der Waals surface area contributed by atoms with E-state index in [0.717, 1.165) is 11.3 Å². The van der Waals surface area contributed by atoms with Gasteiger partial charge < -0.3 is 5.32 Å². The number of nitrogens with one attached hydrogen (secondary N) is 1. The van der Waals surface area contributed by atoms with E-state index in [1.807, 2.05) is 60.3 Å². The van der Waals surface area contributed by atoms with Crippen LogP contribution in [0.4, 0.5) is 5.82 Å². The highest BCUT2D eigenvalue weighted by atomic mass is 16.1. The molecule has 0 fully saturated rings. The Morgan fingerprint density at radius 3 is 2.64 bits per heavy atom. The summed E-state index contributed by atoms with van der Waals surface area (Å²) in [6.45, 7) is 2.58. The fraction of sp³-hybridized carbons (Fsp3) is 0.118. The normalized spacial score (nSPS) is 10.4. The monoisotopic (exact) mass is 292 g/mol. The fourth-order valence-corrected chi connectivity index (χ4v) is 2.14. The fourth-order valence-electron chi connectivity index (χ4n) is 2.14. The number of hydrogen-bond donors (Lipinski definition) is 1. The highest BCUT2D eigenvalue weighted by Crippen LogP contribution is 2.10. The second kappa shape index (κ2) is 6.22. The smallest absolute Gasteiger partial charge is 0.256 e. The molecule has 110 valence electrons. The Balaban J connectivity index is 1.68. The largest absolute Gasteiger partial charge is 0.307 e. The highest BCUT2D eigenvalue weighted by Gasteiger charge is 2.07. The van der Waals surface area contributed by atoms with Gasteiger partial charge in [-0.15, -0.1) is 0 Å². The Kier molecular flexibility index (Phi) is 3.96. The van der Waals surface area contributed by atoms with E-state index < -0.39 is 0 Å². The Labute approximate surface area is 128 Å². The Morgan fingerprint density at radius 1 is 1.14 bits per heavy atom. The average molecular weight is 292 g/mol. The first-order valence-electron chi connectivity index (χ1n) is 7.02. The van der Waals surface area contributed by atoms with Crippen molar-refractivity contribution >= 4 is 11.7 Å². The minimum Gasteiger partial charge on any atom is -0.307 e. The summed E-state index contributed by atoms with van der Waals surface area (Å²) in [6.07, 6.45) is 3.65. The zero-order valence-corrected chi connectivity index (χ0v) is 12.2. The van der Waals surface area contributed by atoms with Crippen molar-refractivity contribution in [3.05, 3.63) is 77.7 Å². The molecule has 0 bridgehead atoms. The summed E-state index contributed by atoms with van der Waals surface area (Å²) in [4.78, 5) is 16.4. The van der Waals surface area contributed by atoms with Crippen LogP contribution in [-0.2, 0) is 6.54 Å². The second-order valence-electron chi connectivity index (χ2n) is 5.02. The SMILES string of the molecule is Cc1cccc(NC(=O)c2ccc(Cn3cccn3)cc2)n1. The molecule has 0 aliphatic heterocycles. The van der Waals surface area contributed by atoms with Crippen molar-refractivity contribution in [2.24, 2.45) is 0 Å². The van der Waals surface area contributed by atoms with E-state index in [1.54, 1.807) is 12.3 Å². The van der Waals surface area contributed by atoms with Gasteiger partial charge in [0.1, 0.15) is 5.82 Å². The Bertz CT molecular complexity index is 764. The van der Waals surface area contributed by atoms with Gasteiger partial charge in [0.05, 0.1) is 6.54 Å². The van der Waals surface area contributed by atoms with Gasteiger partial charge in [-0.2, -0.15) is 5.10 Å². The van der Waals surface area contributed by atoms with Gasteiger partial charge in [-0.3, -0.25) is 9.48 Å². The molecule has 0 atom stereocenters. The van der Waals surface area contributed by atoms with E-state index in [0.29, 0.717) is 17.9 Å².